The number of hydrazone groups is 1. The maximum atomic E-state index is 12.7. The van der Waals surface area contributed by atoms with Gasteiger partial charge in [0.2, 0.25) is 5.91 Å². The van der Waals surface area contributed by atoms with Crippen molar-refractivity contribution in [1.82, 2.24) is 4.83 Å². The standard InChI is InChI=1S/C21H25N3O7S/c1-14(15-6-4-7-16(12-15)22-20(25)8-5-9-21(26)27)23-24-32(28,29)19-11-10-17(30-2)13-18(19)31-3/h4,6-7,10-13,24H,5,8-9H2,1-3H3,(H,22,25)(H,26,27)/b23-14-. The summed E-state index contributed by atoms with van der Waals surface area (Å²) in [5.74, 6) is -0.716. The lowest BCUT2D eigenvalue weighted by Gasteiger charge is -2.11. The Hall–Kier alpha value is -3.60. The van der Waals surface area contributed by atoms with Crippen LogP contribution in [0.25, 0.3) is 0 Å². The van der Waals surface area contributed by atoms with Crippen LogP contribution in [0.2, 0.25) is 0 Å². The van der Waals surface area contributed by atoms with E-state index in [4.69, 9.17) is 14.6 Å². The number of anilines is 1. The zero-order valence-electron chi connectivity index (χ0n) is 17.9. The smallest absolute Gasteiger partial charge is 0.303 e. The largest absolute Gasteiger partial charge is 0.497 e. The van der Waals surface area contributed by atoms with Gasteiger partial charge in [-0.05, 0) is 43.2 Å². The van der Waals surface area contributed by atoms with Crippen molar-refractivity contribution in [2.24, 2.45) is 5.10 Å². The van der Waals surface area contributed by atoms with Gasteiger partial charge in [-0.3, -0.25) is 9.59 Å². The highest BCUT2D eigenvalue weighted by Crippen LogP contribution is 2.28. The number of benzene rings is 2. The summed E-state index contributed by atoms with van der Waals surface area (Å²) in [6, 6.07) is 11.0. The highest BCUT2D eigenvalue weighted by atomic mass is 32.2. The number of hydrogen-bond donors (Lipinski definition) is 3. The van der Waals surface area contributed by atoms with Crippen molar-refractivity contribution in [1.29, 1.82) is 0 Å². The molecule has 0 fully saturated rings. The van der Waals surface area contributed by atoms with Crippen LogP contribution in [0, 0.1) is 0 Å². The second-order valence-corrected chi connectivity index (χ2v) is 8.31. The first-order valence-corrected chi connectivity index (χ1v) is 11.0. The van der Waals surface area contributed by atoms with Gasteiger partial charge in [-0.15, -0.1) is 0 Å². The molecule has 2 aromatic rings. The molecular weight excluding hydrogens is 438 g/mol. The highest BCUT2D eigenvalue weighted by molar-refractivity contribution is 7.89. The van der Waals surface area contributed by atoms with Crippen LogP contribution < -0.4 is 19.6 Å². The number of carbonyl (C=O) groups excluding carboxylic acids is 1. The lowest BCUT2D eigenvalue weighted by molar-refractivity contribution is -0.137. The average Bonchev–Trinajstić information content (AvgIpc) is 2.76. The quantitative estimate of drug-likeness (QED) is 0.343. The van der Waals surface area contributed by atoms with E-state index in [0.717, 1.165) is 0 Å². The maximum absolute atomic E-state index is 12.7. The van der Waals surface area contributed by atoms with Crippen LogP contribution in [-0.2, 0) is 19.6 Å². The zero-order chi connectivity index (χ0) is 23.7. The van der Waals surface area contributed by atoms with Crippen molar-refractivity contribution >= 4 is 33.3 Å². The number of rotatable bonds is 11. The predicted octanol–water partition coefficient (Wildman–Crippen LogP) is 2.60. The summed E-state index contributed by atoms with van der Waals surface area (Å²) in [7, 11) is -1.20. The fourth-order valence-corrected chi connectivity index (χ4v) is 3.69. The van der Waals surface area contributed by atoms with Crippen LogP contribution in [-0.4, -0.2) is 45.3 Å². The van der Waals surface area contributed by atoms with Crippen LogP contribution in [0.4, 0.5) is 5.69 Å². The molecule has 0 aliphatic rings. The van der Waals surface area contributed by atoms with Crippen LogP contribution >= 0.6 is 0 Å². The molecule has 1 amide bonds. The van der Waals surface area contributed by atoms with E-state index in [-0.39, 0.29) is 35.8 Å². The van der Waals surface area contributed by atoms with Gasteiger partial charge >= 0.3 is 5.97 Å². The Balaban J connectivity index is 2.12. The molecule has 2 aromatic carbocycles. The van der Waals surface area contributed by atoms with Gasteiger partial charge in [-0.1, -0.05) is 12.1 Å². The van der Waals surface area contributed by atoms with Crippen molar-refractivity contribution in [2.45, 2.75) is 31.1 Å². The van der Waals surface area contributed by atoms with E-state index in [0.29, 0.717) is 22.7 Å². The van der Waals surface area contributed by atoms with Gasteiger partial charge in [-0.25, -0.2) is 0 Å². The van der Waals surface area contributed by atoms with E-state index in [1.807, 2.05) is 0 Å². The number of amides is 1. The first-order chi connectivity index (χ1) is 15.2. The van der Waals surface area contributed by atoms with Crippen LogP contribution in [0.1, 0.15) is 31.7 Å². The Morgan fingerprint density at radius 2 is 1.81 bits per heavy atom. The Labute approximate surface area is 186 Å². The van der Waals surface area contributed by atoms with Crippen molar-refractivity contribution in [2.75, 3.05) is 19.5 Å². The molecule has 3 N–H and O–H groups in total. The first-order valence-electron chi connectivity index (χ1n) is 9.56. The Morgan fingerprint density at radius 3 is 2.47 bits per heavy atom. The molecule has 0 aliphatic carbocycles. The number of hydrogen-bond acceptors (Lipinski definition) is 7. The van der Waals surface area contributed by atoms with Gasteiger partial charge in [0.05, 0.1) is 19.9 Å². The molecule has 0 saturated carbocycles. The molecule has 32 heavy (non-hydrogen) atoms. The molecular formula is C21H25N3O7S. The van der Waals surface area contributed by atoms with Gasteiger partial charge in [0.15, 0.2) is 0 Å². The summed E-state index contributed by atoms with van der Waals surface area (Å²) in [5, 5.41) is 15.3. The van der Waals surface area contributed by atoms with Gasteiger partial charge in [0, 0.05) is 24.6 Å². The molecule has 0 unspecified atom stereocenters. The van der Waals surface area contributed by atoms with E-state index in [9.17, 15) is 18.0 Å². The molecule has 0 aliphatic heterocycles. The van der Waals surface area contributed by atoms with Gasteiger partial charge in [-0.2, -0.15) is 18.4 Å². The number of nitrogens with one attached hydrogen (secondary N) is 2. The first kappa shape index (κ1) is 24.7. The summed E-state index contributed by atoms with van der Waals surface area (Å²) in [6.45, 7) is 1.61. The molecule has 11 heteroatoms. The minimum atomic E-state index is -4.01. The molecule has 0 heterocycles. The number of aliphatic carboxylic acids is 1. The molecule has 0 spiro atoms. The van der Waals surface area contributed by atoms with Gasteiger partial charge < -0.3 is 19.9 Å². The molecule has 0 atom stereocenters. The topological polar surface area (TPSA) is 143 Å². The number of methoxy groups -OCH3 is 2. The Bertz CT molecular complexity index is 1110. The third kappa shape index (κ3) is 6.98. The van der Waals surface area contributed by atoms with Crippen LogP contribution in [0.3, 0.4) is 0 Å². The number of nitrogens with zero attached hydrogens (tertiary/aromatic N) is 1. The summed E-state index contributed by atoms with van der Waals surface area (Å²) >= 11 is 0. The van der Waals surface area contributed by atoms with Crippen LogP contribution in [0.15, 0.2) is 52.5 Å². The fourth-order valence-electron chi connectivity index (χ4n) is 2.68. The number of carboxylic acids is 1. The molecule has 0 aromatic heterocycles. The molecule has 172 valence electrons. The summed E-state index contributed by atoms with van der Waals surface area (Å²) < 4.78 is 35.6. The molecule has 0 saturated heterocycles. The number of carboxylic acid groups (broad SMARTS) is 1. The third-order valence-electron chi connectivity index (χ3n) is 4.35. The second kappa shape index (κ2) is 11.1. The van der Waals surface area contributed by atoms with E-state index in [1.54, 1.807) is 31.2 Å². The van der Waals surface area contributed by atoms with Crippen molar-refractivity contribution < 1.29 is 32.6 Å². The highest BCUT2D eigenvalue weighted by Gasteiger charge is 2.20. The summed E-state index contributed by atoms with van der Waals surface area (Å²) in [6.07, 6.45) is 0.226. The zero-order valence-corrected chi connectivity index (χ0v) is 18.7. The number of carbonyl (C=O) groups is 2. The Morgan fingerprint density at radius 1 is 1.06 bits per heavy atom. The minimum Gasteiger partial charge on any atom is -0.497 e. The molecule has 2 rings (SSSR count). The summed E-state index contributed by atoms with van der Waals surface area (Å²) in [4.78, 5) is 24.6. The second-order valence-electron chi connectivity index (χ2n) is 6.68. The molecule has 0 radical (unpaired) electrons. The third-order valence-corrected chi connectivity index (χ3v) is 5.60. The molecule has 0 bridgehead atoms. The van der Waals surface area contributed by atoms with E-state index in [2.05, 4.69) is 15.2 Å². The van der Waals surface area contributed by atoms with Crippen molar-refractivity contribution in [3.63, 3.8) is 0 Å². The van der Waals surface area contributed by atoms with Crippen molar-refractivity contribution in [3.8, 4) is 11.5 Å². The maximum Gasteiger partial charge on any atom is 0.303 e. The average molecular weight is 464 g/mol. The van der Waals surface area contributed by atoms with E-state index < -0.39 is 16.0 Å². The van der Waals surface area contributed by atoms with Gasteiger partial charge in [0.25, 0.3) is 10.0 Å². The lowest BCUT2D eigenvalue weighted by Crippen LogP contribution is -2.20. The SMILES string of the molecule is COc1ccc(S(=O)(=O)N/N=C(/C)c2cccc(NC(=O)CCCC(=O)O)c2)c(OC)c1. The number of sulfonamides is 1. The lowest BCUT2D eigenvalue weighted by atomic mass is 10.1. The fraction of sp³-hybridized carbons (Fsp3) is 0.286. The monoisotopic (exact) mass is 463 g/mol. The van der Waals surface area contributed by atoms with Crippen molar-refractivity contribution in [3.05, 3.63) is 48.0 Å². The van der Waals surface area contributed by atoms with E-state index >= 15 is 0 Å². The van der Waals surface area contributed by atoms with Crippen LogP contribution in [0.5, 0.6) is 11.5 Å². The Kier molecular flexibility index (Phi) is 8.59. The summed E-state index contributed by atoms with van der Waals surface area (Å²) in [5.41, 5.74) is 1.43. The minimum absolute atomic E-state index is 0.0765. The predicted molar refractivity (Wildman–Crippen MR) is 119 cm³/mol. The number of ether oxygens (including phenoxy) is 2. The molecule has 10 nitrogen and oxygen atoms in total. The van der Waals surface area contributed by atoms with E-state index in [1.165, 1.54) is 32.4 Å². The van der Waals surface area contributed by atoms with Gasteiger partial charge in [0.1, 0.15) is 16.4 Å². The normalized spacial score (nSPS) is 11.5.